The molecular formula is C16H17NO5. The number of carboxylic acids is 1. The first-order valence-corrected chi connectivity index (χ1v) is 6.79. The van der Waals surface area contributed by atoms with Gasteiger partial charge in [-0.3, -0.25) is 4.79 Å². The molecule has 0 aliphatic rings. The van der Waals surface area contributed by atoms with Crippen molar-refractivity contribution < 1.29 is 23.8 Å². The highest BCUT2D eigenvalue weighted by Gasteiger charge is 2.15. The number of hydrogen-bond acceptors (Lipinski definition) is 4. The van der Waals surface area contributed by atoms with Crippen LogP contribution in [-0.4, -0.2) is 29.6 Å². The molecule has 1 amide bonds. The van der Waals surface area contributed by atoms with Gasteiger partial charge in [0, 0.05) is 6.07 Å². The van der Waals surface area contributed by atoms with E-state index in [0.717, 1.165) is 17.6 Å². The molecule has 0 aliphatic heterocycles. The topological polar surface area (TPSA) is 88.8 Å². The van der Waals surface area contributed by atoms with Crippen molar-refractivity contribution in [2.75, 3.05) is 6.54 Å². The molecule has 2 N–H and O–H groups in total. The molecular weight excluding hydrogens is 286 g/mol. The summed E-state index contributed by atoms with van der Waals surface area (Å²) >= 11 is 0. The summed E-state index contributed by atoms with van der Waals surface area (Å²) in [7, 11) is 0. The summed E-state index contributed by atoms with van der Waals surface area (Å²) in [6.45, 7) is 4.07. The molecule has 0 spiro atoms. The first-order valence-electron chi connectivity index (χ1n) is 6.79. The molecule has 1 aromatic carbocycles. The Balaban J connectivity index is 1.86. The maximum Gasteiger partial charge on any atom is 0.338 e. The fourth-order valence-electron chi connectivity index (χ4n) is 1.85. The van der Waals surface area contributed by atoms with Crippen LogP contribution in [0.15, 0.2) is 41.0 Å². The third kappa shape index (κ3) is 4.12. The second-order valence-electron chi connectivity index (χ2n) is 4.96. The minimum absolute atomic E-state index is 0.0415. The van der Waals surface area contributed by atoms with E-state index in [9.17, 15) is 9.59 Å². The summed E-state index contributed by atoms with van der Waals surface area (Å²) in [5.74, 6) is -0.931. The number of nitrogens with one attached hydrogen (secondary N) is 1. The van der Waals surface area contributed by atoms with Gasteiger partial charge >= 0.3 is 5.97 Å². The molecule has 0 fully saturated rings. The van der Waals surface area contributed by atoms with Gasteiger partial charge in [0.2, 0.25) is 0 Å². The number of benzene rings is 1. The van der Waals surface area contributed by atoms with Crippen LogP contribution in [-0.2, 0) is 0 Å². The van der Waals surface area contributed by atoms with Gasteiger partial charge in [0.1, 0.15) is 18.1 Å². The van der Waals surface area contributed by atoms with Crippen molar-refractivity contribution >= 4 is 11.9 Å². The highest BCUT2D eigenvalue weighted by atomic mass is 16.5. The van der Waals surface area contributed by atoms with Crippen LogP contribution in [0.2, 0.25) is 0 Å². The van der Waals surface area contributed by atoms with Gasteiger partial charge in [0.25, 0.3) is 5.91 Å². The van der Waals surface area contributed by atoms with Crippen molar-refractivity contribution in [3.05, 3.63) is 53.5 Å². The van der Waals surface area contributed by atoms with Crippen molar-refractivity contribution in [3.63, 3.8) is 0 Å². The Hall–Kier alpha value is -2.76. The molecule has 1 heterocycles. The van der Waals surface area contributed by atoms with Gasteiger partial charge in [-0.2, -0.15) is 0 Å². The predicted molar refractivity (Wildman–Crippen MR) is 79.3 cm³/mol. The van der Waals surface area contributed by atoms with Crippen molar-refractivity contribution in [1.82, 2.24) is 5.32 Å². The summed E-state index contributed by atoms with van der Waals surface area (Å²) in [6.07, 6.45) is 0.795. The van der Waals surface area contributed by atoms with Crippen LogP contribution in [0.5, 0.6) is 5.75 Å². The zero-order chi connectivity index (χ0) is 16.1. The number of carbonyl (C=O) groups excluding carboxylic acids is 1. The Kier molecular flexibility index (Phi) is 4.83. The fourth-order valence-corrected chi connectivity index (χ4v) is 1.85. The quantitative estimate of drug-likeness (QED) is 0.856. The van der Waals surface area contributed by atoms with E-state index < -0.39 is 11.9 Å². The summed E-state index contributed by atoms with van der Waals surface area (Å²) < 4.78 is 10.6. The first kappa shape index (κ1) is 15.6. The molecule has 0 radical (unpaired) electrons. The summed E-state index contributed by atoms with van der Waals surface area (Å²) in [5.41, 5.74) is 1.03. The summed E-state index contributed by atoms with van der Waals surface area (Å²) in [4.78, 5) is 22.6. The molecule has 0 saturated carbocycles. The molecule has 116 valence electrons. The van der Waals surface area contributed by atoms with Crippen LogP contribution in [0, 0.1) is 6.92 Å². The zero-order valence-corrected chi connectivity index (χ0v) is 12.3. The Morgan fingerprint density at radius 2 is 2.14 bits per heavy atom. The smallest absolute Gasteiger partial charge is 0.338 e. The van der Waals surface area contributed by atoms with Crippen LogP contribution in [0.1, 0.15) is 33.4 Å². The summed E-state index contributed by atoms with van der Waals surface area (Å²) in [6, 6.07) is 8.80. The number of carbonyl (C=O) groups is 2. The molecule has 2 rings (SSSR count). The number of aryl methyl sites for hydroxylation is 1. The third-order valence-electron chi connectivity index (χ3n) is 2.95. The van der Waals surface area contributed by atoms with E-state index in [2.05, 4.69) is 5.32 Å². The number of hydrogen-bond donors (Lipinski definition) is 2. The van der Waals surface area contributed by atoms with Gasteiger partial charge in [-0.15, -0.1) is 0 Å². The third-order valence-corrected chi connectivity index (χ3v) is 2.95. The van der Waals surface area contributed by atoms with E-state index in [-0.39, 0.29) is 24.0 Å². The second kappa shape index (κ2) is 6.80. The Labute approximate surface area is 127 Å². The standard InChI is InChI=1S/C16H17NO5/c1-10-4-3-5-13(6-10)22-11(2)8-17-15(18)14-7-12(9-21-14)16(19)20/h3-7,9,11H,8H2,1-2H3,(H,17,18)(H,19,20). The number of carboxylic acid groups (broad SMARTS) is 1. The molecule has 22 heavy (non-hydrogen) atoms. The van der Waals surface area contributed by atoms with Crippen LogP contribution in [0.4, 0.5) is 0 Å². The van der Waals surface area contributed by atoms with E-state index in [1.807, 2.05) is 38.1 Å². The molecule has 0 saturated heterocycles. The highest BCUT2D eigenvalue weighted by Crippen LogP contribution is 2.14. The average Bonchev–Trinajstić information content (AvgIpc) is 2.95. The Morgan fingerprint density at radius 1 is 1.36 bits per heavy atom. The molecule has 6 nitrogen and oxygen atoms in total. The van der Waals surface area contributed by atoms with E-state index in [4.69, 9.17) is 14.3 Å². The van der Waals surface area contributed by atoms with Crippen molar-refractivity contribution in [2.24, 2.45) is 0 Å². The number of furan rings is 1. The number of aromatic carboxylic acids is 1. The van der Waals surface area contributed by atoms with Gasteiger partial charge in [-0.05, 0) is 31.5 Å². The molecule has 2 aromatic rings. The Bertz CT molecular complexity index is 677. The van der Waals surface area contributed by atoms with E-state index in [1.54, 1.807) is 0 Å². The first-order chi connectivity index (χ1) is 10.5. The van der Waals surface area contributed by atoms with Crippen LogP contribution >= 0.6 is 0 Å². The zero-order valence-electron chi connectivity index (χ0n) is 12.3. The normalized spacial score (nSPS) is 11.7. The van der Waals surface area contributed by atoms with Gasteiger partial charge in [0.05, 0.1) is 12.1 Å². The lowest BCUT2D eigenvalue weighted by Gasteiger charge is -2.15. The number of rotatable bonds is 6. The van der Waals surface area contributed by atoms with Crippen molar-refractivity contribution in [2.45, 2.75) is 20.0 Å². The minimum atomic E-state index is -1.14. The monoisotopic (exact) mass is 303 g/mol. The van der Waals surface area contributed by atoms with Gasteiger partial charge in [-0.25, -0.2) is 4.79 Å². The fraction of sp³-hybridized carbons (Fsp3) is 0.250. The van der Waals surface area contributed by atoms with Gasteiger partial charge in [0.15, 0.2) is 5.76 Å². The van der Waals surface area contributed by atoms with Crippen LogP contribution in [0.25, 0.3) is 0 Å². The molecule has 1 unspecified atom stereocenters. The minimum Gasteiger partial charge on any atom is -0.489 e. The molecule has 0 bridgehead atoms. The van der Waals surface area contributed by atoms with Crippen LogP contribution in [0.3, 0.4) is 0 Å². The maximum absolute atomic E-state index is 11.8. The highest BCUT2D eigenvalue weighted by molar-refractivity contribution is 5.95. The Morgan fingerprint density at radius 3 is 2.77 bits per heavy atom. The van der Waals surface area contributed by atoms with Gasteiger partial charge < -0.3 is 19.6 Å². The van der Waals surface area contributed by atoms with Gasteiger partial charge in [-0.1, -0.05) is 12.1 Å². The predicted octanol–water partition coefficient (Wildman–Crippen LogP) is 2.48. The second-order valence-corrected chi connectivity index (χ2v) is 4.96. The van der Waals surface area contributed by atoms with E-state index in [1.165, 1.54) is 6.07 Å². The van der Waals surface area contributed by atoms with Crippen molar-refractivity contribution in [1.29, 1.82) is 0 Å². The number of ether oxygens (including phenoxy) is 1. The lowest BCUT2D eigenvalue weighted by Crippen LogP contribution is -2.33. The average molecular weight is 303 g/mol. The van der Waals surface area contributed by atoms with E-state index >= 15 is 0 Å². The SMILES string of the molecule is Cc1cccc(OC(C)CNC(=O)c2cc(C(=O)O)co2)c1. The van der Waals surface area contributed by atoms with Crippen molar-refractivity contribution in [3.8, 4) is 5.75 Å². The maximum atomic E-state index is 11.8. The molecule has 1 atom stereocenters. The number of amides is 1. The molecule has 1 aromatic heterocycles. The molecule has 6 heteroatoms. The lowest BCUT2D eigenvalue weighted by atomic mass is 10.2. The summed E-state index contributed by atoms with van der Waals surface area (Å²) in [5, 5.41) is 11.4. The largest absolute Gasteiger partial charge is 0.489 e. The van der Waals surface area contributed by atoms with E-state index in [0.29, 0.717) is 0 Å². The lowest BCUT2D eigenvalue weighted by molar-refractivity contribution is 0.0696. The molecule has 0 aliphatic carbocycles. The van der Waals surface area contributed by atoms with Crippen LogP contribution < -0.4 is 10.1 Å².